The van der Waals surface area contributed by atoms with Gasteiger partial charge >= 0.3 is 5.97 Å². The molecular formula is C35H54N2O7. The molecule has 1 aliphatic rings. The number of hydrogen-bond acceptors (Lipinski definition) is 9. The van der Waals surface area contributed by atoms with Gasteiger partial charge < -0.3 is 33.3 Å². The van der Waals surface area contributed by atoms with Gasteiger partial charge in [-0.3, -0.25) is 9.69 Å². The van der Waals surface area contributed by atoms with Gasteiger partial charge in [0.05, 0.1) is 58.5 Å². The van der Waals surface area contributed by atoms with Gasteiger partial charge in [0, 0.05) is 38.3 Å². The van der Waals surface area contributed by atoms with Gasteiger partial charge in [0.25, 0.3) is 0 Å². The lowest BCUT2D eigenvalue weighted by Gasteiger charge is -2.31. The van der Waals surface area contributed by atoms with E-state index in [-0.39, 0.29) is 12.1 Å². The summed E-state index contributed by atoms with van der Waals surface area (Å²) < 4.78 is 35.2. The molecule has 1 fully saturated rings. The number of likely N-dealkylation sites (N-methyl/N-ethyl adjacent to an activating group) is 1. The Labute approximate surface area is 264 Å². The molecule has 2 aromatic carbocycles. The summed E-state index contributed by atoms with van der Waals surface area (Å²) in [6.07, 6.45) is 8.97. The number of fused-ring (bicyclic) bond motifs is 1. The van der Waals surface area contributed by atoms with Crippen LogP contribution in [0.5, 0.6) is 23.0 Å². The number of esters is 1. The molecule has 9 heteroatoms. The van der Waals surface area contributed by atoms with E-state index >= 15 is 0 Å². The summed E-state index contributed by atoms with van der Waals surface area (Å²) in [4.78, 5) is 16.6. The van der Waals surface area contributed by atoms with Gasteiger partial charge in [-0.1, -0.05) is 37.3 Å². The molecule has 1 heterocycles. The number of unbranched alkanes of at least 4 members (excludes halogenated alkanes) is 5. The third kappa shape index (κ3) is 10.3. The summed E-state index contributed by atoms with van der Waals surface area (Å²) in [6.45, 7) is 9.62. The quantitative estimate of drug-likeness (QED) is 0.101. The fraction of sp³-hybridized carbons (Fsp3) is 0.629. The van der Waals surface area contributed by atoms with Crippen LogP contribution in [0.15, 0.2) is 29.8 Å². The van der Waals surface area contributed by atoms with Gasteiger partial charge in [-0.05, 0) is 58.4 Å². The lowest BCUT2D eigenvalue weighted by molar-refractivity contribution is -0.145. The van der Waals surface area contributed by atoms with Crippen molar-refractivity contribution in [2.24, 2.45) is 0 Å². The zero-order valence-electron chi connectivity index (χ0n) is 28.0. The van der Waals surface area contributed by atoms with E-state index in [4.69, 9.17) is 28.4 Å². The molecule has 1 saturated heterocycles. The maximum atomic E-state index is 12.1. The molecule has 246 valence electrons. The van der Waals surface area contributed by atoms with E-state index in [1.165, 1.54) is 5.57 Å². The predicted octanol–water partition coefficient (Wildman–Crippen LogP) is 6.42. The Hall–Kier alpha value is -3.01. The summed E-state index contributed by atoms with van der Waals surface area (Å²) in [7, 11) is 8.75. The van der Waals surface area contributed by atoms with Crippen LogP contribution in [0, 0.1) is 0 Å². The zero-order chi connectivity index (χ0) is 31.9. The van der Waals surface area contributed by atoms with Gasteiger partial charge in [0.2, 0.25) is 0 Å². The lowest BCUT2D eigenvalue weighted by atomic mass is 9.97. The number of allylic oxidation sites excluding steroid dienone is 1. The fourth-order valence-electron chi connectivity index (χ4n) is 5.60. The summed E-state index contributed by atoms with van der Waals surface area (Å²) in [5, 5.41) is 1.61. The first-order chi connectivity index (χ1) is 21.3. The van der Waals surface area contributed by atoms with Crippen molar-refractivity contribution >= 4 is 16.7 Å². The van der Waals surface area contributed by atoms with Crippen LogP contribution in [0.1, 0.15) is 70.5 Å². The molecule has 0 aromatic heterocycles. The molecule has 1 aliphatic heterocycles. The second-order valence-corrected chi connectivity index (χ2v) is 11.7. The minimum absolute atomic E-state index is 0.104. The average molecular weight is 615 g/mol. The Morgan fingerprint density at radius 2 is 1.39 bits per heavy atom. The predicted molar refractivity (Wildman–Crippen MR) is 175 cm³/mol. The molecule has 0 aliphatic carbocycles. The lowest BCUT2D eigenvalue weighted by Crippen LogP contribution is -2.46. The number of methoxy groups -OCH3 is 4. The van der Waals surface area contributed by atoms with Crippen molar-refractivity contribution in [2.75, 3.05) is 81.4 Å². The molecular weight excluding hydrogens is 560 g/mol. The average Bonchev–Trinajstić information content (AvgIpc) is 3.02. The summed E-state index contributed by atoms with van der Waals surface area (Å²) in [5.74, 6) is 2.65. The first kappa shape index (κ1) is 35.5. The monoisotopic (exact) mass is 614 g/mol. The third-order valence-corrected chi connectivity index (χ3v) is 8.17. The second kappa shape index (κ2) is 18.7. The Balaban J connectivity index is 1.51. The summed E-state index contributed by atoms with van der Waals surface area (Å²) in [6, 6.07) is 5.77. The molecule has 2 aromatic rings. The van der Waals surface area contributed by atoms with Crippen LogP contribution >= 0.6 is 0 Å². The van der Waals surface area contributed by atoms with E-state index < -0.39 is 0 Å². The largest absolute Gasteiger partial charge is 0.496 e. The van der Waals surface area contributed by atoms with Crippen LogP contribution in [-0.2, 0) is 14.3 Å². The highest BCUT2D eigenvalue weighted by Crippen LogP contribution is 2.48. The van der Waals surface area contributed by atoms with E-state index in [1.807, 2.05) is 18.2 Å². The Kier molecular flexibility index (Phi) is 15.1. The molecule has 9 nitrogen and oxygen atoms in total. The Morgan fingerprint density at radius 3 is 1.98 bits per heavy atom. The first-order valence-corrected chi connectivity index (χ1v) is 15.9. The molecule has 0 radical (unpaired) electrons. The van der Waals surface area contributed by atoms with Crippen LogP contribution < -0.4 is 18.9 Å². The van der Waals surface area contributed by atoms with Gasteiger partial charge in [0.15, 0.2) is 0 Å². The van der Waals surface area contributed by atoms with Gasteiger partial charge in [0.1, 0.15) is 23.0 Å². The second-order valence-electron chi connectivity index (χ2n) is 11.7. The third-order valence-electron chi connectivity index (χ3n) is 8.17. The standard InChI is InChI=1S/C35H54N2O7/c1-26(2)14-15-28(27-24-31(41-6)33-29(39-4)16-17-30(40-5)34(33)35(27)42-7)43-22-12-10-8-9-11-13-23-44-32(38)25-37-20-18-36(3)19-21-37/h14,16-17,24,28H,8-13,15,18-23,25H2,1-7H3/t28-/m0/s1. The minimum Gasteiger partial charge on any atom is -0.496 e. The molecule has 0 spiro atoms. The molecule has 0 bridgehead atoms. The molecule has 44 heavy (non-hydrogen) atoms. The van der Waals surface area contributed by atoms with Crippen molar-refractivity contribution in [1.82, 2.24) is 9.80 Å². The number of hydrogen-bond donors (Lipinski definition) is 0. The SMILES string of the molecule is COc1ccc(OC)c2c(OC)c([C@H](CC=C(C)C)OCCCCCCCCOC(=O)CN3CCN(C)CC3)cc(OC)c12. The highest BCUT2D eigenvalue weighted by atomic mass is 16.5. The van der Waals surface area contributed by atoms with Crippen LogP contribution in [0.25, 0.3) is 10.8 Å². The van der Waals surface area contributed by atoms with Crippen LogP contribution in [-0.4, -0.2) is 97.2 Å². The van der Waals surface area contributed by atoms with Crippen molar-refractivity contribution in [3.05, 3.63) is 35.4 Å². The first-order valence-electron chi connectivity index (χ1n) is 15.9. The number of piperazine rings is 1. The van der Waals surface area contributed by atoms with Gasteiger partial charge in [-0.15, -0.1) is 0 Å². The number of carbonyl (C=O) groups excluding carboxylic acids is 1. The number of benzene rings is 2. The number of nitrogens with zero attached hydrogens (tertiary/aromatic N) is 2. The van der Waals surface area contributed by atoms with Gasteiger partial charge in [-0.2, -0.15) is 0 Å². The van der Waals surface area contributed by atoms with Crippen molar-refractivity contribution in [3.63, 3.8) is 0 Å². The highest BCUT2D eigenvalue weighted by Gasteiger charge is 2.25. The normalized spacial score (nSPS) is 14.7. The highest BCUT2D eigenvalue weighted by molar-refractivity contribution is 6.03. The number of carbonyl (C=O) groups is 1. The summed E-state index contributed by atoms with van der Waals surface area (Å²) in [5.41, 5.74) is 2.15. The topological polar surface area (TPSA) is 78.9 Å². The van der Waals surface area contributed by atoms with Crippen molar-refractivity contribution in [3.8, 4) is 23.0 Å². The van der Waals surface area contributed by atoms with Gasteiger partial charge in [-0.25, -0.2) is 0 Å². The fourth-order valence-corrected chi connectivity index (χ4v) is 5.60. The molecule has 0 N–H and O–H groups in total. The van der Waals surface area contributed by atoms with Crippen LogP contribution in [0.4, 0.5) is 0 Å². The maximum absolute atomic E-state index is 12.1. The maximum Gasteiger partial charge on any atom is 0.320 e. The van der Waals surface area contributed by atoms with E-state index in [0.29, 0.717) is 49.2 Å². The molecule has 0 unspecified atom stereocenters. The Bertz CT molecular complexity index is 1200. The van der Waals surface area contributed by atoms with Crippen molar-refractivity contribution < 1.29 is 33.2 Å². The zero-order valence-corrected chi connectivity index (χ0v) is 28.0. The molecule has 3 rings (SSSR count). The van der Waals surface area contributed by atoms with E-state index in [2.05, 4.69) is 36.8 Å². The van der Waals surface area contributed by atoms with E-state index in [9.17, 15) is 4.79 Å². The summed E-state index contributed by atoms with van der Waals surface area (Å²) >= 11 is 0. The smallest absolute Gasteiger partial charge is 0.320 e. The molecule has 1 atom stereocenters. The van der Waals surface area contributed by atoms with Crippen LogP contribution in [0.3, 0.4) is 0 Å². The Morgan fingerprint density at radius 1 is 0.795 bits per heavy atom. The van der Waals surface area contributed by atoms with E-state index in [1.54, 1.807) is 28.4 Å². The molecule has 0 amide bonds. The minimum atomic E-state index is -0.213. The van der Waals surface area contributed by atoms with E-state index in [0.717, 1.165) is 81.0 Å². The van der Waals surface area contributed by atoms with Crippen molar-refractivity contribution in [1.29, 1.82) is 0 Å². The van der Waals surface area contributed by atoms with Crippen molar-refractivity contribution in [2.45, 2.75) is 64.9 Å². The van der Waals surface area contributed by atoms with Crippen LogP contribution in [0.2, 0.25) is 0 Å². The number of rotatable bonds is 19. The molecule has 0 saturated carbocycles. The number of ether oxygens (including phenoxy) is 6.